The van der Waals surface area contributed by atoms with Crippen LogP contribution in [0.1, 0.15) is 58.2 Å². The van der Waals surface area contributed by atoms with Crippen molar-refractivity contribution < 1.29 is 42.9 Å². The molecule has 0 saturated carbocycles. The Morgan fingerprint density at radius 3 is 2.53 bits per heavy atom. The van der Waals surface area contributed by atoms with Gasteiger partial charge in [0.1, 0.15) is 30.2 Å². The minimum absolute atomic E-state index is 0.0295. The van der Waals surface area contributed by atoms with Gasteiger partial charge in [0.15, 0.2) is 0 Å². The number of aromatic nitrogens is 2. The second kappa shape index (κ2) is 20.0. The zero-order valence-corrected chi connectivity index (χ0v) is 34.3. The number of nitrogens with one attached hydrogen (secondary N) is 4. The van der Waals surface area contributed by atoms with Gasteiger partial charge in [-0.15, -0.1) is 0 Å². The van der Waals surface area contributed by atoms with E-state index in [0.717, 1.165) is 10.6 Å². The van der Waals surface area contributed by atoms with Gasteiger partial charge in [-0.2, -0.15) is 5.26 Å². The van der Waals surface area contributed by atoms with E-state index >= 15 is 0 Å². The largest absolute Gasteiger partial charge is 0.492 e. The van der Waals surface area contributed by atoms with Crippen LogP contribution < -0.4 is 30.7 Å². The molecule has 1 unspecified atom stereocenters. The molecule has 0 spiro atoms. The van der Waals surface area contributed by atoms with Gasteiger partial charge in [0.05, 0.1) is 83.8 Å². The molecule has 5 aromatic rings. The van der Waals surface area contributed by atoms with E-state index in [1.54, 1.807) is 48.7 Å². The molecule has 0 bridgehead atoms. The van der Waals surface area contributed by atoms with Crippen LogP contribution >= 0.6 is 11.6 Å². The summed E-state index contributed by atoms with van der Waals surface area (Å²) < 4.78 is 23.0. The van der Waals surface area contributed by atoms with Crippen molar-refractivity contribution in [3.8, 4) is 17.6 Å². The smallest absolute Gasteiger partial charge is 0.264 e. The molecular weight excluding hydrogens is 820 g/mol. The monoisotopic (exact) mass is 860 g/mol. The Hall–Kier alpha value is -7.13. The van der Waals surface area contributed by atoms with Gasteiger partial charge in [-0.25, -0.2) is 0 Å². The number of pyridine rings is 2. The molecular formula is C44H41ClN8O9. The van der Waals surface area contributed by atoms with Crippen LogP contribution in [-0.2, 0) is 30.5 Å². The van der Waals surface area contributed by atoms with Crippen LogP contribution in [0, 0.1) is 11.3 Å². The van der Waals surface area contributed by atoms with Crippen LogP contribution in [0.25, 0.3) is 10.9 Å². The average molecular weight is 861 g/mol. The van der Waals surface area contributed by atoms with Gasteiger partial charge in [-0.1, -0.05) is 23.7 Å². The average Bonchev–Trinajstić information content (AvgIpc) is 3.52. The Bertz CT molecular complexity index is 2570. The number of benzene rings is 3. The zero-order chi connectivity index (χ0) is 43.6. The fourth-order valence-corrected chi connectivity index (χ4v) is 7.14. The number of amides is 5. The number of anilines is 4. The minimum Gasteiger partial charge on any atom is -0.492 e. The van der Waals surface area contributed by atoms with Crippen molar-refractivity contribution in [1.29, 1.82) is 5.26 Å². The fraction of sp³-hybridized carbons (Fsp3) is 0.273. The van der Waals surface area contributed by atoms with Crippen LogP contribution in [0.3, 0.4) is 0 Å². The predicted octanol–water partition coefficient (Wildman–Crippen LogP) is 5.75. The number of carbonyl (C=O) groups is 5. The third kappa shape index (κ3) is 9.90. The molecule has 62 heavy (non-hydrogen) atoms. The SMILES string of the molecule is CCOc1cc2ncc(C#N)c(Nc3ccc(OCc4ccccn4)c(Cl)c3)c2cc1NC(=O)CCOCCOCCNc1cccc2c1C(=O)N(C1CCC(=O)NC1=O)C2=O. The number of piperidine rings is 1. The highest BCUT2D eigenvalue weighted by Gasteiger charge is 2.45. The van der Waals surface area contributed by atoms with Gasteiger partial charge >= 0.3 is 0 Å². The summed E-state index contributed by atoms with van der Waals surface area (Å²) in [6.07, 6.45) is 3.28. The molecule has 4 N–H and O–H groups in total. The number of nitriles is 1. The van der Waals surface area contributed by atoms with Crippen molar-refractivity contribution in [1.82, 2.24) is 20.2 Å². The highest BCUT2D eigenvalue weighted by molar-refractivity contribution is 6.32. The van der Waals surface area contributed by atoms with Gasteiger partial charge in [0, 0.05) is 48.2 Å². The number of rotatable bonds is 19. The summed E-state index contributed by atoms with van der Waals surface area (Å²) in [6.45, 7) is 3.48. The van der Waals surface area contributed by atoms with Crippen molar-refractivity contribution >= 4 is 74.8 Å². The van der Waals surface area contributed by atoms with Gasteiger partial charge in [-0.3, -0.25) is 44.2 Å². The summed E-state index contributed by atoms with van der Waals surface area (Å²) in [5.74, 6) is -1.76. The van der Waals surface area contributed by atoms with Crippen LogP contribution in [0.15, 0.2) is 79.1 Å². The molecule has 2 aliphatic rings. The number of halogens is 1. The second-order valence-corrected chi connectivity index (χ2v) is 14.4. The quantitative estimate of drug-likeness (QED) is 0.0574. The number of fused-ring (bicyclic) bond motifs is 2. The number of hydrogen-bond acceptors (Lipinski definition) is 14. The van der Waals surface area contributed by atoms with E-state index in [4.69, 9.17) is 30.5 Å². The lowest BCUT2D eigenvalue weighted by Crippen LogP contribution is -2.54. The van der Waals surface area contributed by atoms with E-state index in [2.05, 4.69) is 37.3 Å². The lowest BCUT2D eigenvalue weighted by Gasteiger charge is -2.27. The summed E-state index contributed by atoms with van der Waals surface area (Å²) >= 11 is 6.57. The highest BCUT2D eigenvalue weighted by Crippen LogP contribution is 2.38. The first-order chi connectivity index (χ1) is 30.1. The molecule has 18 heteroatoms. The van der Waals surface area contributed by atoms with Crippen LogP contribution in [0.4, 0.5) is 22.7 Å². The summed E-state index contributed by atoms with van der Waals surface area (Å²) in [5.41, 5.74) is 3.75. The van der Waals surface area contributed by atoms with Crippen molar-refractivity contribution in [3.05, 3.63) is 107 Å². The maximum absolute atomic E-state index is 13.3. The first kappa shape index (κ1) is 43.0. The maximum Gasteiger partial charge on any atom is 0.264 e. The number of imide groups is 2. The molecule has 1 saturated heterocycles. The van der Waals surface area contributed by atoms with E-state index in [9.17, 15) is 29.2 Å². The Kier molecular flexibility index (Phi) is 13.8. The lowest BCUT2D eigenvalue weighted by atomic mass is 10.0. The summed E-state index contributed by atoms with van der Waals surface area (Å²) in [6, 6.07) is 20.1. The van der Waals surface area contributed by atoms with E-state index < -0.39 is 29.7 Å². The number of nitrogens with zero attached hydrogens (tertiary/aromatic N) is 4. The lowest BCUT2D eigenvalue weighted by molar-refractivity contribution is -0.136. The molecule has 1 fully saturated rings. The van der Waals surface area contributed by atoms with Crippen molar-refractivity contribution in [3.63, 3.8) is 0 Å². The number of hydrogen-bond donors (Lipinski definition) is 4. The van der Waals surface area contributed by atoms with Gasteiger partial charge in [-0.05, 0) is 61.9 Å². The normalized spacial score (nSPS) is 14.6. The van der Waals surface area contributed by atoms with Crippen LogP contribution in [0.2, 0.25) is 5.02 Å². The molecule has 2 aromatic heterocycles. The van der Waals surface area contributed by atoms with Crippen molar-refractivity contribution in [2.24, 2.45) is 0 Å². The summed E-state index contributed by atoms with van der Waals surface area (Å²) in [5, 5.41) is 22.4. The second-order valence-electron chi connectivity index (χ2n) is 14.0. The maximum atomic E-state index is 13.3. The third-order valence-corrected chi connectivity index (χ3v) is 10.1. The van der Waals surface area contributed by atoms with E-state index in [-0.39, 0.29) is 74.9 Å². The van der Waals surface area contributed by atoms with Crippen LogP contribution in [-0.4, -0.2) is 90.0 Å². The first-order valence-electron chi connectivity index (χ1n) is 19.8. The van der Waals surface area contributed by atoms with Crippen molar-refractivity contribution in [2.45, 2.75) is 38.8 Å². The summed E-state index contributed by atoms with van der Waals surface area (Å²) in [7, 11) is 0. The molecule has 4 heterocycles. The molecule has 1 atom stereocenters. The molecule has 318 valence electrons. The molecule has 17 nitrogen and oxygen atoms in total. The first-order valence-corrected chi connectivity index (χ1v) is 20.2. The fourth-order valence-electron chi connectivity index (χ4n) is 6.91. The van der Waals surface area contributed by atoms with Crippen molar-refractivity contribution in [2.75, 3.05) is 55.5 Å². The predicted molar refractivity (Wildman–Crippen MR) is 227 cm³/mol. The minimum atomic E-state index is -1.05. The molecule has 3 aromatic carbocycles. The topological polar surface area (TPSA) is 223 Å². The standard InChI is InChI=1S/C44H41ClN8O9/c1-2-61-37-22-33-30(41(26(23-46)24-49-33)50-27-9-11-36(31(45)20-27)62-25-28-6-3-4-14-47-28)21-34(37)51-39(55)13-16-59-18-19-60-17-15-48-32-8-5-7-29-40(32)44(58)53(43(29)57)35-10-12-38(54)52-42(35)56/h3-9,11,14,20-22,24,35,48H,2,10,12-13,15-19,25H2,1H3,(H,49,50)(H,51,55)(H,52,54,56). The molecule has 0 radical (unpaired) electrons. The van der Waals surface area contributed by atoms with Gasteiger partial charge in [0.25, 0.3) is 11.8 Å². The van der Waals surface area contributed by atoms with Gasteiger partial charge in [0.2, 0.25) is 17.7 Å². The van der Waals surface area contributed by atoms with Gasteiger partial charge < -0.3 is 34.9 Å². The van der Waals surface area contributed by atoms with E-state index in [1.165, 1.54) is 12.3 Å². The molecule has 5 amide bonds. The molecule has 0 aliphatic carbocycles. The molecule has 7 rings (SSSR count). The number of ether oxygens (including phenoxy) is 4. The Morgan fingerprint density at radius 2 is 1.77 bits per heavy atom. The Labute approximate surface area is 360 Å². The van der Waals surface area contributed by atoms with E-state index in [0.29, 0.717) is 63.3 Å². The number of carbonyl (C=O) groups excluding carboxylic acids is 5. The van der Waals surface area contributed by atoms with E-state index in [1.807, 2.05) is 25.1 Å². The van der Waals surface area contributed by atoms with Crippen LogP contribution in [0.5, 0.6) is 11.5 Å². The summed E-state index contributed by atoms with van der Waals surface area (Å²) in [4.78, 5) is 73.1. The zero-order valence-electron chi connectivity index (χ0n) is 33.5. The highest BCUT2D eigenvalue weighted by atomic mass is 35.5. The Morgan fingerprint density at radius 1 is 0.935 bits per heavy atom. The Balaban J connectivity index is 0.889. The molecule has 2 aliphatic heterocycles. The third-order valence-electron chi connectivity index (χ3n) is 9.84.